The van der Waals surface area contributed by atoms with Crippen molar-refractivity contribution < 1.29 is 4.39 Å². The molecule has 110 valence electrons. The summed E-state index contributed by atoms with van der Waals surface area (Å²) in [7, 11) is 0. The molecule has 0 radical (unpaired) electrons. The van der Waals surface area contributed by atoms with E-state index in [2.05, 4.69) is 32.7 Å². The minimum absolute atomic E-state index is 0.186. The van der Waals surface area contributed by atoms with Crippen molar-refractivity contribution in [2.24, 2.45) is 16.6 Å². The number of hydrogen-bond donors (Lipinski definition) is 1. The highest BCUT2D eigenvalue weighted by molar-refractivity contribution is 9.10. The van der Waals surface area contributed by atoms with Gasteiger partial charge in [0.25, 0.3) is 0 Å². The number of guanidine groups is 1. The highest BCUT2D eigenvalue weighted by atomic mass is 79.9. The van der Waals surface area contributed by atoms with Crippen LogP contribution in [0.2, 0.25) is 0 Å². The quantitative estimate of drug-likeness (QED) is 0.677. The lowest BCUT2D eigenvalue weighted by atomic mass is 10.00. The number of nitrogens with two attached hydrogens (primary N) is 1. The first-order valence-corrected chi connectivity index (χ1v) is 7.84. The smallest absolute Gasteiger partial charge is 0.191 e. The molecule has 1 aliphatic heterocycles. The van der Waals surface area contributed by atoms with E-state index in [4.69, 9.17) is 5.73 Å². The molecule has 3 nitrogen and oxygen atoms in total. The Morgan fingerprint density at radius 1 is 1.45 bits per heavy atom. The SMILES string of the molecule is CC1CCN(C(N)=NCCc2cc(Br)ccc2F)CC1. The van der Waals surface area contributed by atoms with Gasteiger partial charge in [-0.05, 0) is 48.9 Å². The zero-order valence-electron chi connectivity index (χ0n) is 11.8. The molecule has 0 atom stereocenters. The molecule has 1 aromatic carbocycles. The molecule has 0 aromatic heterocycles. The molecule has 1 aromatic rings. The molecular formula is C15H21BrFN3. The number of rotatable bonds is 3. The van der Waals surface area contributed by atoms with Gasteiger partial charge in [-0.25, -0.2) is 4.39 Å². The normalized spacial score (nSPS) is 17.6. The van der Waals surface area contributed by atoms with Gasteiger partial charge in [-0.2, -0.15) is 0 Å². The Morgan fingerprint density at radius 2 is 2.15 bits per heavy atom. The summed E-state index contributed by atoms with van der Waals surface area (Å²) < 4.78 is 14.5. The molecule has 0 aliphatic carbocycles. The lowest BCUT2D eigenvalue weighted by Gasteiger charge is -2.31. The number of benzene rings is 1. The number of aliphatic imine (C=N–C) groups is 1. The van der Waals surface area contributed by atoms with E-state index in [1.165, 1.54) is 6.07 Å². The summed E-state index contributed by atoms with van der Waals surface area (Å²) in [6.07, 6.45) is 2.89. The maximum Gasteiger partial charge on any atom is 0.191 e. The third-order valence-electron chi connectivity index (χ3n) is 3.77. The Hall–Kier alpha value is -1.10. The highest BCUT2D eigenvalue weighted by Gasteiger charge is 2.16. The highest BCUT2D eigenvalue weighted by Crippen LogP contribution is 2.17. The van der Waals surface area contributed by atoms with Crippen LogP contribution in [0.4, 0.5) is 4.39 Å². The fourth-order valence-corrected chi connectivity index (χ4v) is 2.77. The predicted octanol–water partition coefficient (Wildman–Crippen LogP) is 3.18. The Labute approximate surface area is 128 Å². The largest absolute Gasteiger partial charge is 0.370 e. The first-order valence-electron chi connectivity index (χ1n) is 7.05. The van der Waals surface area contributed by atoms with E-state index >= 15 is 0 Å². The summed E-state index contributed by atoms with van der Waals surface area (Å²) in [6.45, 7) is 4.73. The van der Waals surface area contributed by atoms with E-state index in [1.54, 1.807) is 12.1 Å². The average molecular weight is 342 g/mol. The van der Waals surface area contributed by atoms with Gasteiger partial charge in [0.15, 0.2) is 5.96 Å². The van der Waals surface area contributed by atoms with Gasteiger partial charge < -0.3 is 10.6 Å². The Balaban J connectivity index is 1.87. The second-order valence-corrected chi connectivity index (χ2v) is 6.31. The minimum atomic E-state index is -0.186. The molecule has 5 heteroatoms. The fraction of sp³-hybridized carbons (Fsp3) is 0.533. The van der Waals surface area contributed by atoms with Gasteiger partial charge in [0.2, 0.25) is 0 Å². The summed E-state index contributed by atoms with van der Waals surface area (Å²) >= 11 is 3.35. The van der Waals surface area contributed by atoms with Gasteiger partial charge in [0.1, 0.15) is 5.82 Å². The number of piperidine rings is 1. The Kier molecular flexibility index (Phi) is 5.40. The van der Waals surface area contributed by atoms with E-state index in [0.29, 0.717) is 24.5 Å². The lowest BCUT2D eigenvalue weighted by molar-refractivity contribution is 0.277. The third-order valence-corrected chi connectivity index (χ3v) is 4.26. The van der Waals surface area contributed by atoms with Crippen molar-refractivity contribution in [1.29, 1.82) is 0 Å². The van der Waals surface area contributed by atoms with Crippen molar-refractivity contribution in [3.63, 3.8) is 0 Å². The molecule has 2 N–H and O–H groups in total. The van der Waals surface area contributed by atoms with Gasteiger partial charge in [-0.15, -0.1) is 0 Å². The maximum absolute atomic E-state index is 13.6. The molecule has 1 saturated heterocycles. The first kappa shape index (κ1) is 15.3. The summed E-state index contributed by atoms with van der Waals surface area (Å²) in [5.41, 5.74) is 6.67. The van der Waals surface area contributed by atoms with Crippen molar-refractivity contribution >= 4 is 21.9 Å². The summed E-state index contributed by atoms with van der Waals surface area (Å²) in [5.74, 6) is 1.18. The second-order valence-electron chi connectivity index (χ2n) is 5.40. The van der Waals surface area contributed by atoms with Gasteiger partial charge in [0, 0.05) is 24.1 Å². The lowest BCUT2D eigenvalue weighted by Crippen LogP contribution is -2.42. The van der Waals surface area contributed by atoms with Crippen LogP contribution in [0.1, 0.15) is 25.3 Å². The van der Waals surface area contributed by atoms with Gasteiger partial charge in [0.05, 0.1) is 0 Å². The molecule has 0 unspecified atom stereocenters. The number of nitrogens with zero attached hydrogens (tertiary/aromatic N) is 2. The van der Waals surface area contributed by atoms with E-state index in [1.807, 2.05) is 0 Å². The Bertz CT molecular complexity index is 482. The van der Waals surface area contributed by atoms with E-state index in [0.717, 1.165) is 36.3 Å². The summed E-state index contributed by atoms with van der Waals surface area (Å²) in [5, 5.41) is 0. The standard InChI is InChI=1S/C15H21BrFN3/c1-11-5-8-20(9-6-11)15(18)19-7-4-12-10-13(16)2-3-14(12)17/h2-3,10-11H,4-9H2,1H3,(H2,18,19). The molecule has 1 fully saturated rings. The second kappa shape index (κ2) is 7.07. The molecule has 2 rings (SSSR count). The van der Waals surface area contributed by atoms with Crippen LogP contribution in [-0.4, -0.2) is 30.5 Å². The van der Waals surface area contributed by atoms with Crippen molar-refractivity contribution in [2.45, 2.75) is 26.2 Å². The van der Waals surface area contributed by atoms with Crippen molar-refractivity contribution in [3.05, 3.63) is 34.1 Å². The van der Waals surface area contributed by atoms with Crippen LogP contribution in [0.3, 0.4) is 0 Å². The summed E-state index contributed by atoms with van der Waals surface area (Å²) in [6, 6.07) is 4.97. The Morgan fingerprint density at radius 3 is 2.85 bits per heavy atom. The van der Waals surface area contributed by atoms with Crippen LogP contribution in [0, 0.1) is 11.7 Å². The first-order chi connectivity index (χ1) is 9.56. The van der Waals surface area contributed by atoms with Gasteiger partial charge in [-0.1, -0.05) is 22.9 Å². The molecule has 1 aliphatic rings. The molecule has 20 heavy (non-hydrogen) atoms. The molecule has 0 bridgehead atoms. The van der Waals surface area contributed by atoms with Crippen LogP contribution < -0.4 is 5.73 Å². The van der Waals surface area contributed by atoms with Gasteiger partial charge >= 0.3 is 0 Å². The van der Waals surface area contributed by atoms with Crippen LogP contribution >= 0.6 is 15.9 Å². The monoisotopic (exact) mass is 341 g/mol. The van der Waals surface area contributed by atoms with E-state index in [9.17, 15) is 4.39 Å². The van der Waals surface area contributed by atoms with E-state index in [-0.39, 0.29) is 5.82 Å². The predicted molar refractivity (Wildman–Crippen MR) is 84.3 cm³/mol. The average Bonchev–Trinajstić information content (AvgIpc) is 2.43. The molecule has 0 amide bonds. The van der Waals surface area contributed by atoms with Crippen molar-refractivity contribution in [2.75, 3.05) is 19.6 Å². The third kappa shape index (κ3) is 4.20. The maximum atomic E-state index is 13.6. The zero-order chi connectivity index (χ0) is 14.5. The number of likely N-dealkylation sites (tertiary alicyclic amines) is 1. The molecular weight excluding hydrogens is 321 g/mol. The topological polar surface area (TPSA) is 41.6 Å². The van der Waals surface area contributed by atoms with Crippen LogP contribution in [0.15, 0.2) is 27.7 Å². The summed E-state index contributed by atoms with van der Waals surface area (Å²) in [4.78, 5) is 6.50. The van der Waals surface area contributed by atoms with Crippen LogP contribution in [0.5, 0.6) is 0 Å². The van der Waals surface area contributed by atoms with Crippen molar-refractivity contribution in [3.8, 4) is 0 Å². The molecule has 0 spiro atoms. The van der Waals surface area contributed by atoms with Gasteiger partial charge in [-0.3, -0.25) is 4.99 Å². The van der Waals surface area contributed by atoms with Crippen molar-refractivity contribution in [1.82, 2.24) is 4.90 Å². The molecule has 0 saturated carbocycles. The number of halogens is 2. The van der Waals surface area contributed by atoms with Crippen LogP contribution in [-0.2, 0) is 6.42 Å². The molecule has 1 heterocycles. The zero-order valence-corrected chi connectivity index (χ0v) is 13.4. The minimum Gasteiger partial charge on any atom is -0.370 e. The fourth-order valence-electron chi connectivity index (χ4n) is 2.36. The number of hydrogen-bond acceptors (Lipinski definition) is 1. The van der Waals surface area contributed by atoms with Crippen LogP contribution in [0.25, 0.3) is 0 Å². The van der Waals surface area contributed by atoms with E-state index < -0.39 is 0 Å².